The van der Waals surface area contributed by atoms with Crippen LogP contribution in [0.25, 0.3) is 0 Å². The highest BCUT2D eigenvalue weighted by molar-refractivity contribution is 5.93. The first-order chi connectivity index (χ1) is 5.72. The average Bonchev–Trinajstić information content (AvgIpc) is 2.07. The van der Waals surface area contributed by atoms with Crippen molar-refractivity contribution in [1.82, 2.24) is 0 Å². The van der Waals surface area contributed by atoms with E-state index in [2.05, 4.69) is 4.89 Å². The van der Waals surface area contributed by atoms with E-state index in [9.17, 15) is 4.79 Å². The minimum Gasteiger partial charge on any atom is -0.295 e. The summed E-state index contributed by atoms with van der Waals surface area (Å²) < 4.78 is 0. The van der Waals surface area contributed by atoms with E-state index >= 15 is 0 Å². The maximum Gasteiger partial charge on any atom is 0.159 e. The van der Waals surface area contributed by atoms with Crippen LogP contribution in [-0.4, -0.2) is 18.2 Å². The van der Waals surface area contributed by atoms with E-state index in [4.69, 9.17) is 5.26 Å². The van der Waals surface area contributed by atoms with Gasteiger partial charge in [-0.2, -0.15) is 0 Å². The van der Waals surface area contributed by atoms with E-state index in [1.807, 2.05) is 30.3 Å². The first-order valence-corrected chi connectivity index (χ1v) is 3.46. The van der Waals surface area contributed by atoms with E-state index in [1.165, 1.54) is 7.11 Å². The molecule has 0 aliphatic carbocycles. The number of carbonyl (C=O) groups is 1. The largest absolute Gasteiger partial charge is 0.295 e. The van der Waals surface area contributed by atoms with Crippen molar-refractivity contribution >= 4 is 5.78 Å². The topological polar surface area (TPSA) is 46.5 Å². The predicted molar refractivity (Wildman–Crippen MR) is 46.1 cm³/mol. The Kier molecular flexibility index (Phi) is 5.87. The Labute approximate surface area is 71.5 Å². The van der Waals surface area contributed by atoms with Crippen LogP contribution in [-0.2, 0) is 4.89 Å². The second kappa shape index (κ2) is 6.52. The zero-order valence-electron chi connectivity index (χ0n) is 7.15. The van der Waals surface area contributed by atoms with Crippen molar-refractivity contribution in [2.75, 3.05) is 7.11 Å². The van der Waals surface area contributed by atoms with Crippen molar-refractivity contribution in [1.29, 1.82) is 0 Å². The first-order valence-electron chi connectivity index (χ1n) is 3.46. The number of carbonyl (C=O) groups excluding carboxylic acids is 1. The van der Waals surface area contributed by atoms with Crippen molar-refractivity contribution in [3.05, 3.63) is 35.9 Å². The third kappa shape index (κ3) is 4.60. The summed E-state index contributed by atoms with van der Waals surface area (Å²) in [6.07, 6.45) is 0. The molecule has 1 aromatic rings. The van der Waals surface area contributed by atoms with Crippen LogP contribution in [0.15, 0.2) is 30.3 Å². The second-order valence-electron chi connectivity index (χ2n) is 2.10. The molecular formula is C9H12O3. The molecule has 3 heteroatoms. The third-order valence-corrected chi connectivity index (χ3v) is 1.18. The summed E-state index contributed by atoms with van der Waals surface area (Å²) in [7, 11) is 1.18. The number of Topliss-reactive ketones (excluding diaryl/α,β-unsaturated/α-hetero) is 1. The molecule has 0 saturated carbocycles. The van der Waals surface area contributed by atoms with Crippen LogP contribution in [0.1, 0.15) is 17.3 Å². The van der Waals surface area contributed by atoms with E-state index in [0.717, 1.165) is 5.56 Å². The Morgan fingerprint density at radius 2 is 1.75 bits per heavy atom. The molecule has 0 radical (unpaired) electrons. The molecule has 1 N–H and O–H groups in total. The molecule has 0 aliphatic heterocycles. The number of rotatable bonds is 1. The molecule has 0 spiro atoms. The summed E-state index contributed by atoms with van der Waals surface area (Å²) in [6.45, 7) is 1.56. The minimum atomic E-state index is 0.121. The molecule has 1 rings (SSSR count). The van der Waals surface area contributed by atoms with E-state index in [1.54, 1.807) is 6.92 Å². The molecule has 0 saturated heterocycles. The predicted octanol–water partition coefficient (Wildman–Crippen LogP) is 2.00. The van der Waals surface area contributed by atoms with Gasteiger partial charge in [-0.1, -0.05) is 30.3 Å². The maximum atomic E-state index is 10.6. The lowest BCUT2D eigenvalue weighted by molar-refractivity contribution is -0.214. The third-order valence-electron chi connectivity index (χ3n) is 1.18. The fraction of sp³-hybridized carbons (Fsp3) is 0.222. The normalized spacial score (nSPS) is 8.25. The summed E-state index contributed by atoms with van der Waals surface area (Å²) in [5.74, 6) is 0.121. The van der Waals surface area contributed by atoms with Gasteiger partial charge in [0.25, 0.3) is 0 Å². The van der Waals surface area contributed by atoms with Gasteiger partial charge in [0, 0.05) is 5.56 Å². The summed E-state index contributed by atoms with van der Waals surface area (Å²) in [5, 5.41) is 7.07. The van der Waals surface area contributed by atoms with Crippen LogP contribution in [0.4, 0.5) is 0 Å². The standard InChI is InChI=1S/C8H8O.CH4O2/c1-7(9)8-5-3-2-4-6-8;1-3-2/h2-6H,1H3;2H,1H3. The summed E-state index contributed by atoms with van der Waals surface area (Å²) >= 11 is 0. The quantitative estimate of drug-likeness (QED) is 0.396. The Morgan fingerprint density at radius 3 is 2.00 bits per heavy atom. The van der Waals surface area contributed by atoms with Gasteiger partial charge in [0.05, 0.1) is 7.11 Å². The molecule has 0 fully saturated rings. The van der Waals surface area contributed by atoms with Crippen molar-refractivity contribution in [3.63, 3.8) is 0 Å². The Balaban J connectivity index is 0.000000354. The lowest BCUT2D eigenvalue weighted by Gasteiger charge is -1.89. The Morgan fingerprint density at radius 1 is 1.33 bits per heavy atom. The average molecular weight is 168 g/mol. The molecular weight excluding hydrogens is 156 g/mol. The lowest BCUT2D eigenvalue weighted by Crippen LogP contribution is -1.88. The molecule has 0 bridgehead atoms. The molecule has 0 aliphatic rings. The highest BCUT2D eigenvalue weighted by Gasteiger charge is 1.92. The molecule has 66 valence electrons. The Hall–Kier alpha value is -1.19. The van der Waals surface area contributed by atoms with Crippen molar-refractivity contribution in [2.24, 2.45) is 0 Å². The zero-order valence-corrected chi connectivity index (χ0v) is 7.15. The van der Waals surface area contributed by atoms with Gasteiger partial charge in [-0.05, 0) is 6.92 Å². The fourth-order valence-electron chi connectivity index (χ4n) is 0.673. The molecule has 0 amide bonds. The fourth-order valence-corrected chi connectivity index (χ4v) is 0.673. The van der Waals surface area contributed by atoms with Crippen LogP contribution < -0.4 is 0 Å². The molecule has 0 atom stereocenters. The van der Waals surface area contributed by atoms with Crippen LogP contribution >= 0.6 is 0 Å². The van der Waals surface area contributed by atoms with Gasteiger partial charge in [0.1, 0.15) is 0 Å². The molecule has 0 aromatic heterocycles. The van der Waals surface area contributed by atoms with Crippen LogP contribution in [0.5, 0.6) is 0 Å². The van der Waals surface area contributed by atoms with Crippen molar-refractivity contribution < 1.29 is 14.9 Å². The summed E-state index contributed by atoms with van der Waals surface area (Å²) in [5.41, 5.74) is 0.775. The number of ketones is 1. The highest BCUT2D eigenvalue weighted by atomic mass is 17.1. The van der Waals surface area contributed by atoms with Crippen LogP contribution in [0.3, 0.4) is 0 Å². The minimum absolute atomic E-state index is 0.121. The lowest BCUT2D eigenvalue weighted by atomic mass is 10.2. The summed E-state index contributed by atoms with van der Waals surface area (Å²) in [4.78, 5) is 13.9. The SMILES string of the molecule is CC(=O)c1ccccc1.COO. The van der Waals surface area contributed by atoms with E-state index in [-0.39, 0.29) is 5.78 Å². The van der Waals surface area contributed by atoms with Gasteiger partial charge in [-0.25, -0.2) is 4.89 Å². The van der Waals surface area contributed by atoms with Gasteiger partial charge in [-0.15, -0.1) is 0 Å². The number of hydrogen-bond acceptors (Lipinski definition) is 3. The van der Waals surface area contributed by atoms with Crippen molar-refractivity contribution in [3.8, 4) is 0 Å². The van der Waals surface area contributed by atoms with Gasteiger partial charge < -0.3 is 0 Å². The zero-order chi connectivity index (χ0) is 9.40. The van der Waals surface area contributed by atoms with Crippen LogP contribution in [0.2, 0.25) is 0 Å². The van der Waals surface area contributed by atoms with Gasteiger partial charge in [-0.3, -0.25) is 10.1 Å². The van der Waals surface area contributed by atoms with Crippen molar-refractivity contribution in [2.45, 2.75) is 6.92 Å². The molecule has 3 nitrogen and oxygen atoms in total. The number of hydrogen-bond donors (Lipinski definition) is 1. The monoisotopic (exact) mass is 168 g/mol. The molecule has 12 heavy (non-hydrogen) atoms. The Bertz CT molecular complexity index is 218. The van der Waals surface area contributed by atoms with Crippen LogP contribution in [0, 0.1) is 0 Å². The summed E-state index contributed by atoms with van der Waals surface area (Å²) in [6, 6.07) is 9.23. The van der Waals surface area contributed by atoms with Gasteiger partial charge >= 0.3 is 0 Å². The highest BCUT2D eigenvalue weighted by Crippen LogP contribution is 1.97. The molecule has 0 heterocycles. The van der Waals surface area contributed by atoms with E-state index < -0.39 is 0 Å². The molecule has 1 aromatic carbocycles. The van der Waals surface area contributed by atoms with E-state index in [0.29, 0.717) is 0 Å². The number of benzene rings is 1. The second-order valence-corrected chi connectivity index (χ2v) is 2.10. The molecule has 0 unspecified atom stereocenters. The smallest absolute Gasteiger partial charge is 0.159 e. The first kappa shape index (κ1) is 10.8. The maximum absolute atomic E-state index is 10.6. The van der Waals surface area contributed by atoms with Gasteiger partial charge in [0.15, 0.2) is 5.78 Å². The van der Waals surface area contributed by atoms with Gasteiger partial charge in [0.2, 0.25) is 0 Å².